The van der Waals surface area contributed by atoms with Gasteiger partial charge in [0, 0.05) is 25.6 Å². The first-order valence-corrected chi connectivity index (χ1v) is 10.4. The van der Waals surface area contributed by atoms with Crippen molar-refractivity contribution in [3.63, 3.8) is 0 Å². The third-order valence-corrected chi connectivity index (χ3v) is 5.84. The molecule has 150 valence electrons. The number of nitrogens with zero attached hydrogens (tertiary/aromatic N) is 2. The second kappa shape index (κ2) is 9.45. The summed E-state index contributed by atoms with van der Waals surface area (Å²) >= 11 is 0. The number of hydrogen-bond donors (Lipinski definition) is 0. The fourth-order valence-electron chi connectivity index (χ4n) is 4.33. The summed E-state index contributed by atoms with van der Waals surface area (Å²) in [5.74, 6) is 2.84. The van der Waals surface area contributed by atoms with E-state index in [9.17, 15) is 4.79 Å². The van der Waals surface area contributed by atoms with Crippen molar-refractivity contribution in [3.05, 3.63) is 23.8 Å². The third kappa shape index (κ3) is 5.16. The van der Waals surface area contributed by atoms with Crippen molar-refractivity contribution in [1.29, 1.82) is 0 Å². The first-order valence-electron chi connectivity index (χ1n) is 10.4. The Morgan fingerprint density at radius 2 is 1.93 bits per heavy atom. The van der Waals surface area contributed by atoms with Crippen LogP contribution in [0.5, 0.6) is 11.5 Å². The average molecular weight is 375 g/mol. The lowest BCUT2D eigenvalue weighted by Gasteiger charge is -2.37. The molecule has 0 N–H and O–H groups in total. The Morgan fingerprint density at radius 1 is 1.15 bits per heavy atom. The van der Waals surface area contributed by atoms with Gasteiger partial charge in [-0.05, 0) is 69.3 Å². The molecule has 0 bridgehead atoms. The molecule has 5 heteroatoms. The molecule has 1 aromatic carbocycles. The Hall–Kier alpha value is -1.75. The van der Waals surface area contributed by atoms with Crippen LogP contribution in [0, 0.1) is 11.8 Å². The quantitative estimate of drug-likeness (QED) is 0.763. The van der Waals surface area contributed by atoms with Gasteiger partial charge in [0.05, 0.1) is 13.7 Å². The van der Waals surface area contributed by atoms with Gasteiger partial charge >= 0.3 is 0 Å². The standard InChI is InChI=1S/C22H34N2O3/c1-4-27-20-8-7-18(14-21(20)26-3)16-23-12-9-19(10-13-23)22(25)24-11-5-6-17(2)15-24/h7-8,14,17,19H,4-6,9-13,15-16H2,1-3H3/t17-/m0/s1. The molecule has 0 aromatic heterocycles. The number of carbonyl (C=O) groups excluding carboxylic acids is 1. The van der Waals surface area contributed by atoms with Crippen LogP contribution in [0.25, 0.3) is 0 Å². The van der Waals surface area contributed by atoms with Gasteiger partial charge in [-0.2, -0.15) is 0 Å². The zero-order chi connectivity index (χ0) is 19.2. The van der Waals surface area contributed by atoms with Gasteiger partial charge in [-0.25, -0.2) is 0 Å². The second-order valence-corrected chi connectivity index (χ2v) is 8.00. The summed E-state index contributed by atoms with van der Waals surface area (Å²) < 4.78 is 11.1. The lowest BCUT2D eigenvalue weighted by molar-refractivity contribution is -0.138. The molecule has 27 heavy (non-hydrogen) atoms. The monoisotopic (exact) mass is 374 g/mol. The van der Waals surface area contributed by atoms with Gasteiger partial charge in [0.25, 0.3) is 0 Å². The van der Waals surface area contributed by atoms with E-state index in [1.54, 1.807) is 7.11 Å². The highest BCUT2D eigenvalue weighted by molar-refractivity contribution is 5.79. The molecule has 2 heterocycles. The van der Waals surface area contributed by atoms with Crippen LogP contribution in [0.15, 0.2) is 18.2 Å². The minimum absolute atomic E-state index is 0.210. The number of benzene rings is 1. The number of piperidine rings is 2. The molecular formula is C22H34N2O3. The van der Waals surface area contributed by atoms with Crippen LogP contribution >= 0.6 is 0 Å². The number of methoxy groups -OCH3 is 1. The van der Waals surface area contributed by atoms with Crippen LogP contribution < -0.4 is 9.47 Å². The van der Waals surface area contributed by atoms with Gasteiger partial charge in [0.1, 0.15) is 0 Å². The Morgan fingerprint density at radius 3 is 2.59 bits per heavy atom. The zero-order valence-electron chi connectivity index (χ0n) is 17.1. The largest absolute Gasteiger partial charge is 0.493 e. The molecule has 0 radical (unpaired) electrons. The molecule has 0 spiro atoms. The molecule has 0 saturated carbocycles. The molecule has 1 amide bonds. The lowest BCUT2D eigenvalue weighted by atomic mass is 9.92. The van der Waals surface area contributed by atoms with E-state index in [0.717, 1.165) is 63.5 Å². The fraction of sp³-hybridized carbons (Fsp3) is 0.682. The van der Waals surface area contributed by atoms with Crippen molar-refractivity contribution < 1.29 is 14.3 Å². The van der Waals surface area contributed by atoms with E-state index in [1.807, 2.05) is 13.0 Å². The zero-order valence-corrected chi connectivity index (χ0v) is 17.1. The van der Waals surface area contributed by atoms with E-state index in [0.29, 0.717) is 18.4 Å². The SMILES string of the molecule is CCOc1ccc(CN2CCC(C(=O)N3CCC[C@H](C)C3)CC2)cc1OC. The minimum Gasteiger partial charge on any atom is -0.493 e. The summed E-state index contributed by atoms with van der Waals surface area (Å²) in [6.45, 7) is 9.62. The fourth-order valence-corrected chi connectivity index (χ4v) is 4.33. The molecule has 5 nitrogen and oxygen atoms in total. The summed E-state index contributed by atoms with van der Waals surface area (Å²) in [7, 11) is 1.68. The van der Waals surface area contributed by atoms with E-state index in [2.05, 4.69) is 28.9 Å². The molecule has 2 saturated heterocycles. The number of carbonyl (C=O) groups is 1. The molecule has 0 aliphatic carbocycles. The van der Waals surface area contributed by atoms with Crippen LogP contribution in [0.4, 0.5) is 0 Å². The minimum atomic E-state index is 0.210. The first-order chi connectivity index (χ1) is 13.1. The molecular weight excluding hydrogens is 340 g/mol. The van der Waals surface area contributed by atoms with Gasteiger partial charge in [-0.1, -0.05) is 13.0 Å². The Labute approximate surface area is 163 Å². The van der Waals surface area contributed by atoms with Crippen LogP contribution in [-0.2, 0) is 11.3 Å². The predicted octanol–water partition coefficient (Wildman–Crippen LogP) is 3.56. The Kier molecular flexibility index (Phi) is 7.00. The second-order valence-electron chi connectivity index (χ2n) is 8.00. The highest BCUT2D eigenvalue weighted by atomic mass is 16.5. The molecule has 1 aromatic rings. The van der Waals surface area contributed by atoms with E-state index in [4.69, 9.17) is 9.47 Å². The number of hydrogen-bond acceptors (Lipinski definition) is 4. The molecule has 3 rings (SSSR count). The summed E-state index contributed by atoms with van der Waals surface area (Å²) in [4.78, 5) is 17.4. The first kappa shape index (κ1) is 20.0. The van der Waals surface area contributed by atoms with Gasteiger partial charge in [-0.15, -0.1) is 0 Å². The maximum absolute atomic E-state index is 12.8. The average Bonchev–Trinajstić information content (AvgIpc) is 2.69. The molecule has 2 fully saturated rings. The number of ether oxygens (including phenoxy) is 2. The summed E-state index contributed by atoms with van der Waals surface area (Å²) in [6, 6.07) is 6.17. The molecule has 1 atom stereocenters. The molecule has 0 unspecified atom stereocenters. The Bertz CT molecular complexity index is 626. The lowest BCUT2D eigenvalue weighted by Crippen LogP contribution is -2.45. The summed E-state index contributed by atoms with van der Waals surface area (Å²) in [6.07, 6.45) is 4.36. The Balaban J connectivity index is 1.51. The van der Waals surface area contributed by atoms with Gasteiger partial charge in [0.15, 0.2) is 11.5 Å². The third-order valence-electron chi connectivity index (χ3n) is 5.84. The van der Waals surface area contributed by atoms with Crippen LogP contribution in [-0.4, -0.2) is 55.6 Å². The van der Waals surface area contributed by atoms with Crippen LogP contribution in [0.3, 0.4) is 0 Å². The van der Waals surface area contributed by atoms with Gasteiger partial charge < -0.3 is 14.4 Å². The number of likely N-dealkylation sites (tertiary alicyclic amines) is 2. The van der Waals surface area contributed by atoms with Crippen molar-refractivity contribution in [2.45, 2.75) is 46.1 Å². The highest BCUT2D eigenvalue weighted by Gasteiger charge is 2.30. The van der Waals surface area contributed by atoms with E-state index < -0.39 is 0 Å². The van der Waals surface area contributed by atoms with Crippen molar-refractivity contribution in [2.75, 3.05) is 39.9 Å². The van der Waals surface area contributed by atoms with Gasteiger partial charge in [0.2, 0.25) is 5.91 Å². The maximum atomic E-state index is 12.8. The highest BCUT2D eigenvalue weighted by Crippen LogP contribution is 2.29. The summed E-state index contributed by atoms with van der Waals surface area (Å²) in [5, 5.41) is 0. The number of rotatable bonds is 6. The van der Waals surface area contributed by atoms with Crippen molar-refractivity contribution in [2.24, 2.45) is 11.8 Å². The maximum Gasteiger partial charge on any atom is 0.225 e. The van der Waals surface area contributed by atoms with Crippen molar-refractivity contribution in [1.82, 2.24) is 9.80 Å². The van der Waals surface area contributed by atoms with E-state index in [-0.39, 0.29) is 5.92 Å². The van der Waals surface area contributed by atoms with Crippen LogP contribution in [0.2, 0.25) is 0 Å². The number of amides is 1. The van der Waals surface area contributed by atoms with Crippen LogP contribution in [0.1, 0.15) is 45.1 Å². The molecule has 2 aliphatic heterocycles. The van der Waals surface area contributed by atoms with E-state index >= 15 is 0 Å². The van der Waals surface area contributed by atoms with Gasteiger partial charge in [-0.3, -0.25) is 9.69 Å². The smallest absolute Gasteiger partial charge is 0.225 e. The normalized spacial score (nSPS) is 21.9. The predicted molar refractivity (Wildman–Crippen MR) is 107 cm³/mol. The van der Waals surface area contributed by atoms with E-state index in [1.165, 1.54) is 12.0 Å². The van der Waals surface area contributed by atoms with Crippen molar-refractivity contribution >= 4 is 5.91 Å². The van der Waals surface area contributed by atoms with Crippen molar-refractivity contribution in [3.8, 4) is 11.5 Å². The summed E-state index contributed by atoms with van der Waals surface area (Å²) in [5.41, 5.74) is 1.23. The molecule has 2 aliphatic rings. The topological polar surface area (TPSA) is 42.0 Å².